The average molecular weight is 502 g/mol. The molecule has 180 valence electrons. The van der Waals surface area contributed by atoms with Crippen LogP contribution < -0.4 is 16.5 Å². The van der Waals surface area contributed by atoms with E-state index in [0.717, 1.165) is 21.6 Å². The summed E-state index contributed by atoms with van der Waals surface area (Å²) in [5.41, 5.74) is 0.157. The molecule has 3 heterocycles. The maximum atomic E-state index is 13.5. The lowest BCUT2D eigenvalue weighted by Gasteiger charge is -2.10. The van der Waals surface area contributed by atoms with Gasteiger partial charge in [0.05, 0.1) is 17.7 Å². The first-order valence-corrected chi connectivity index (χ1v) is 11.9. The molecule has 5 aromatic rings. The fraction of sp³-hybridized carbons (Fsp3) is 0.115. The molecule has 0 atom stereocenters. The zero-order valence-electron chi connectivity index (χ0n) is 19.2. The van der Waals surface area contributed by atoms with E-state index in [1.54, 1.807) is 48.7 Å². The Morgan fingerprint density at radius 2 is 1.86 bits per heavy atom. The van der Waals surface area contributed by atoms with Gasteiger partial charge in [-0.1, -0.05) is 35.9 Å². The first-order chi connectivity index (χ1) is 17.4. The maximum absolute atomic E-state index is 13.5. The minimum Gasteiger partial charge on any atom is -0.461 e. The Kier molecular flexibility index (Phi) is 5.95. The van der Waals surface area contributed by atoms with E-state index in [-0.39, 0.29) is 33.6 Å². The number of fused-ring (bicyclic) bond motifs is 2. The van der Waals surface area contributed by atoms with Crippen molar-refractivity contribution in [3.05, 3.63) is 97.6 Å². The van der Waals surface area contributed by atoms with Gasteiger partial charge in [0.25, 0.3) is 11.5 Å². The van der Waals surface area contributed by atoms with Gasteiger partial charge in [-0.05, 0) is 38.1 Å². The second-order valence-corrected chi connectivity index (χ2v) is 8.79. The lowest BCUT2D eigenvalue weighted by atomic mass is 10.1. The predicted octanol–water partition coefficient (Wildman–Crippen LogP) is 4.29. The second kappa shape index (κ2) is 9.23. The minimum atomic E-state index is -0.807. The van der Waals surface area contributed by atoms with Crippen molar-refractivity contribution < 1.29 is 18.7 Å². The Labute approximate surface area is 207 Å². The van der Waals surface area contributed by atoms with Crippen LogP contribution in [0.3, 0.4) is 0 Å². The first kappa shape index (κ1) is 23.2. The highest BCUT2D eigenvalue weighted by Gasteiger charge is 2.24. The molecular formula is C26H19N3O6S. The normalized spacial score (nSPS) is 11.1. The Balaban J connectivity index is 1.65. The molecule has 2 aromatic carbocycles. The van der Waals surface area contributed by atoms with Crippen molar-refractivity contribution in [2.24, 2.45) is 0 Å². The molecule has 5 rings (SSSR count). The Bertz CT molecular complexity index is 1770. The summed E-state index contributed by atoms with van der Waals surface area (Å²) in [4.78, 5) is 51.7. The Morgan fingerprint density at radius 3 is 2.61 bits per heavy atom. The third-order valence-corrected chi connectivity index (χ3v) is 6.41. The van der Waals surface area contributed by atoms with Gasteiger partial charge in [-0.2, -0.15) is 9.78 Å². The second-order valence-electron chi connectivity index (χ2n) is 7.91. The van der Waals surface area contributed by atoms with E-state index in [0.29, 0.717) is 16.7 Å². The number of rotatable bonds is 5. The van der Waals surface area contributed by atoms with E-state index < -0.39 is 23.1 Å². The van der Waals surface area contributed by atoms with Gasteiger partial charge < -0.3 is 14.5 Å². The van der Waals surface area contributed by atoms with E-state index in [4.69, 9.17) is 9.15 Å². The maximum Gasteiger partial charge on any atom is 0.359 e. The van der Waals surface area contributed by atoms with Crippen LogP contribution >= 0.6 is 11.3 Å². The number of aromatic nitrogens is 2. The van der Waals surface area contributed by atoms with Crippen LogP contribution in [0.4, 0.5) is 5.00 Å². The number of nitrogens with one attached hydrogen (secondary N) is 1. The lowest BCUT2D eigenvalue weighted by molar-refractivity contribution is 0.0520. The van der Waals surface area contributed by atoms with Gasteiger partial charge in [0, 0.05) is 16.2 Å². The SMILES string of the molecule is CCOC(=O)c1nn(-c2ccc(C)cc2)c(=O)c2c(NC(=O)c3cc4ccccc4oc3=O)scc12. The van der Waals surface area contributed by atoms with Crippen LogP contribution in [0, 0.1) is 6.92 Å². The van der Waals surface area contributed by atoms with E-state index in [9.17, 15) is 19.2 Å². The standard InChI is InChI=1S/C26H19N3O6S/c1-3-34-26(33)21-18-13-36-23(20(18)24(31)29(28-21)16-10-8-14(2)9-11-16)27-22(30)17-12-15-6-4-5-7-19(15)35-25(17)32/h4-13H,3H2,1-2H3,(H,27,30). The van der Waals surface area contributed by atoms with Crippen LogP contribution in [-0.4, -0.2) is 28.3 Å². The molecular weight excluding hydrogens is 482 g/mol. The molecule has 3 aromatic heterocycles. The van der Waals surface area contributed by atoms with Crippen LogP contribution in [-0.2, 0) is 4.74 Å². The molecule has 36 heavy (non-hydrogen) atoms. The lowest BCUT2D eigenvalue weighted by Crippen LogP contribution is -2.26. The molecule has 10 heteroatoms. The van der Waals surface area contributed by atoms with Crippen LogP contribution in [0.2, 0.25) is 0 Å². The van der Waals surface area contributed by atoms with E-state index in [2.05, 4.69) is 10.4 Å². The number of hydrogen-bond acceptors (Lipinski definition) is 8. The van der Waals surface area contributed by atoms with Crippen molar-refractivity contribution in [3.8, 4) is 5.69 Å². The molecule has 0 radical (unpaired) electrons. The van der Waals surface area contributed by atoms with Crippen molar-refractivity contribution >= 4 is 50.0 Å². The first-order valence-electron chi connectivity index (χ1n) is 11.0. The third kappa shape index (κ3) is 4.07. The van der Waals surface area contributed by atoms with Gasteiger partial charge in [-0.3, -0.25) is 9.59 Å². The molecule has 0 fully saturated rings. The molecule has 1 amide bonds. The summed E-state index contributed by atoms with van der Waals surface area (Å²) < 4.78 is 11.5. The molecule has 0 saturated heterocycles. The summed E-state index contributed by atoms with van der Waals surface area (Å²) in [7, 11) is 0. The van der Waals surface area contributed by atoms with Crippen LogP contribution in [0.1, 0.15) is 33.3 Å². The summed E-state index contributed by atoms with van der Waals surface area (Å²) >= 11 is 1.04. The third-order valence-electron chi connectivity index (χ3n) is 5.51. The fourth-order valence-corrected chi connectivity index (χ4v) is 4.68. The van der Waals surface area contributed by atoms with E-state index in [1.165, 1.54) is 6.07 Å². The topological polar surface area (TPSA) is 120 Å². The predicted molar refractivity (Wildman–Crippen MR) is 136 cm³/mol. The number of anilines is 1. The van der Waals surface area contributed by atoms with E-state index >= 15 is 0 Å². The van der Waals surface area contributed by atoms with E-state index in [1.807, 2.05) is 19.1 Å². The van der Waals surface area contributed by atoms with Crippen LogP contribution in [0.15, 0.2) is 74.0 Å². The smallest absolute Gasteiger partial charge is 0.359 e. The number of para-hydroxylation sites is 1. The number of ether oxygens (including phenoxy) is 1. The van der Waals surface area contributed by atoms with Crippen molar-refractivity contribution in [1.82, 2.24) is 9.78 Å². The summed E-state index contributed by atoms with van der Waals surface area (Å²) in [5.74, 6) is -1.44. The largest absolute Gasteiger partial charge is 0.461 e. The molecule has 0 aliphatic carbocycles. The Morgan fingerprint density at radius 1 is 1.11 bits per heavy atom. The fourth-order valence-electron chi connectivity index (χ4n) is 3.74. The molecule has 0 aliphatic heterocycles. The minimum absolute atomic E-state index is 0.0611. The Hall–Kier alpha value is -4.57. The number of carbonyl (C=O) groups excluding carboxylic acids is 2. The van der Waals surface area contributed by atoms with Gasteiger partial charge in [0.2, 0.25) is 0 Å². The van der Waals surface area contributed by atoms with Gasteiger partial charge in [-0.15, -0.1) is 11.3 Å². The number of benzene rings is 2. The van der Waals surface area contributed by atoms with Crippen molar-refractivity contribution in [2.75, 3.05) is 11.9 Å². The molecule has 0 bridgehead atoms. The number of amides is 1. The zero-order chi connectivity index (χ0) is 25.4. The zero-order valence-corrected chi connectivity index (χ0v) is 20.0. The summed E-state index contributed by atoms with van der Waals surface area (Å²) in [6.07, 6.45) is 0. The molecule has 0 saturated carbocycles. The molecule has 1 N–H and O–H groups in total. The van der Waals surface area contributed by atoms with Gasteiger partial charge in [-0.25, -0.2) is 9.59 Å². The van der Waals surface area contributed by atoms with Crippen LogP contribution in [0.5, 0.6) is 0 Å². The van der Waals surface area contributed by atoms with Gasteiger partial charge in [0.15, 0.2) is 5.69 Å². The molecule has 0 unspecified atom stereocenters. The van der Waals surface area contributed by atoms with Crippen molar-refractivity contribution in [1.29, 1.82) is 0 Å². The molecule has 0 spiro atoms. The van der Waals surface area contributed by atoms with Crippen molar-refractivity contribution in [2.45, 2.75) is 13.8 Å². The summed E-state index contributed by atoms with van der Waals surface area (Å²) in [5, 5.41) is 9.54. The number of aryl methyl sites for hydroxylation is 1. The highest BCUT2D eigenvalue weighted by molar-refractivity contribution is 7.16. The number of hydrogen-bond donors (Lipinski definition) is 1. The highest BCUT2D eigenvalue weighted by atomic mass is 32.1. The van der Waals surface area contributed by atoms with Gasteiger partial charge in [0.1, 0.15) is 16.1 Å². The molecule has 9 nitrogen and oxygen atoms in total. The number of esters is 1. The number of nitrogens with zero attached hydrogens (tertiary/aromatic N) is 2. The van der Waals surface area contributed by atoms with Gasteiger partial charge >= 0.3 is 11.6 Å². The number of thiophene rings is 1. The number of carbonyl (C=O) groups is 2. The van der Waals surface area contributed by atoms with Crippen molar-refractivity contribution in [3.63, 3.8) is 0 Å². The summed E-state index contributed by atoms with van der Waals surface area (Å²) in [6.45, 7) is 3.69. The molecule has 0 aliphatic rings. The average Bonchev–Trinajstić information content (AvgIpc) is 3.28. The highest BCUT2D eigenvalue weighted by Crippen LogP contribution is 2.31. The summed E-state index contributed by atoms with van der Waals surface area (Å²) in [6, 6.07) is 15.3. The van der Waals surface area contributed by atoms with Crippen LogP contribution in [0.25, 0.3) is 27.4 Å². The quantitative estimate of drug-likeness (QED) is 0.282. The monoisotopic (exact) mass is 501 g/mol.